The molecule has 0 aromatic heterocycles. The highest BCUT2D eigenvalue weighted by Gasteiger charge is 2.33. The second-order valence-corrected chi connectivity index (χ2v) is 7.20. The number of hydrogen-bond acceptors (Lipinski definition) is 5. The van der Waals surface area contributed by atoms with Crippen molar-refractivity contribution >= 4 is 17.6 Å². The Morgan fingerprint density at radius 1 is 0.867 bits per heavy atom. The summed E-state index contributed by atoms with van der Waals surface area (Å²) in [4.78, 5) is 24.2. The van der Waals surface area contributed by atoms with Crippen LogP contribution in [0.2, 0.25) is 0 Å². The fourth-order valence-corrected chi connectivity index (χ4v) is 4.15. The molecule has 3 aromatic carbocycles. The van der Waals surface area contributed by atoms with Crippen LogP contribution in [0.1, 0.15) is 29.0 Å². The number of esters is 2. The zero-order valence-electron chi connectivity index (χ0n) is 16.9. The summed E-state index contributed by atoms with van der Waals surface area (Å²) < 4.78 is 9.67. The smallest absolute Gasteiger partial charge is 0.328 e. The summed E-state index contributed by atoms with van der Waals surface area (Å²) in [5.41, 5.74) is 6.57. The van der Waals surface area contributed by atoms with Gasteiger partial charge in [0.1, 0.15) is 6.04 Å². The number of anilines is 1. The van der Waals surface area contributed by atoms with Gasteiger partial charge in [0.15, 0.2) is 0 Å². The second kappa shape index (κ2) is 8.41. The van der Waals surface area contributed by atoms with E-state index < -0.39 is 18.0 Å². The lowest BCUT2D eigenvalue weighted by atomic mass is 9.88. The summed E-state index contributed by atoms with van der Waals surface area (Å²) in [6, 6.07) is 23.8. The largest absolute Gasteiger partial charge is 0.469 e. The van der Waals surface area contributed by atoms with Gasteiger partial charge in [-0.3, -0.25) is 4.79 Å². The van der Waals surface area contributed by atoms with Gasteiger partial charge in [-0.15, -0.1) is 0 Å². The van der Waals surface area contributed by atoms with E-state index in [1.807, 2.05) is 42.5 Å². The molecule has 0 fully saturated rings. The van der Waals surface area contributed by atoms with Crippen molar-refractivity contribution in [1.29, 1.82) is 0 Å². The Bertz CT molecular complexity index is 1080. The first-order chi connectivity index (χ1) is 14.6. The first-order valence-electron chi connectivity index (χ1n) is 9.82. The second-order valence-electron chi connectivity index (χ2n) is 7.20. The van der Waals surface area contributed by atoms with Gasteiger partial charge < -0.3 is 14.8 Å². The number of methoxy groups -OCH3 is 2. The van der Waals surface area contributed by atoms with Gasteiger partial charge in [0.05, 0.1) is 20.6 Å². The molecule has 0 aliphatic heterocycles. The lowest BCUT2D eigenvalue weighted by Gasteiger charge is -2.22. The lowest BCUT2D eigenvalue weighted by Crippen LogP contribution is -2.33. The molecule has 30 heavy (non-hydrogen) atoms. The van der Waals surface area contributed by atoms with Gasteiger partial charge in [0.2, 0.25) is 0 Å². The molecule has 5 nitrogen and oxygen atoms in total. The number of carbonyl (C=O) groups excluding carboxylic acids is 2. The van der Waals surface area contributed by atoms with Crippen LogP contribution in [0, 0.1) is 0 Å². The molecule has 0 amide bonds. The standard InChI is InChI=1S/C25H23NO4/c1-29-22(27)15-21(25(28)30-2)26-20-14-8-13-19-17-11-6-7-12-18(17)23(24(19)20)16-9-4-3-5-10-16/h3-14,21,23,26H,15H2,1-2H3. The first-order valence-corrected chi connectivity index (χ1v) is 9.82. The number of fused-ring (bicyclic) bond motifs is 3. The number of rotatable bonds is 6. The Balaban J connectivity index is 1.81. The molecule has 0 heterocycles. The fourth-order valence-electron chi connectivity index (χ4n) is 4.15. The van der Waals surface area contributed by atoms with Crippen LogP contribution in [0.3, 0.4) is 0 Å². The molecule has 0 saturated carbocycles. The number of ether oxygens (including phenoxy) is 2. The monoisotopic (exact) mass is 401 g/mol. The molecular formula is C25H23NO4. The molecule has 1 aliphatic carbocycles. The average Bonchev–Trinajstić information content (AvgIpc) is 3.14. The molecule has 1 N–H and O–H groups in total. The van der Waals surface area contributed by atoms with E-state index in [-0.39, 0.29) is 12.3 Å². The van der Waals surface area contributed by atoms with Crippen molar-refractivity contribution in [2.24, 2.45) is 0 Å². The van der Waals surface area contributed by atoms with Crippen LogP contribution >= 0.6 is 0 Å². The van der Waals surface area contributed by atoms with Gasteiger partial charge >= 0.3 is 11.9 Å². The van der Waals surface area contributed by atoms with E-state index in [0.29, 0.717) is 0 Å². The lowest BCUT2D eigenvalue weighted by molar-refractivity contribution is -0.148. The van der Waals surface area contributed by atoms with Gasteiger partial charge in [-0.25, -0.2) is 4.79 Å². The topological polar surface area (TPSA) is 64.6 Å². The first kappa shape index (κ1) is 19.7. The van der Waals surface area contributed by atoms with E-state index in [1.165, 1.54) is 30.9 Å². The maximum Gasteiger partial charge on any atom is 0.328 e. The highest BCUT2D eigenvalue weighted by Crippen LogP contribution is 2.50. The highest BCUT2D eigenvalue weighted by molar-refractivity contribution is 5.89. The molecule has 4 rings (SSSR count). The molecule has 2 atom stereocenters. The minimum absolute atomic E-state index is 0.0255. The van der Waals surface area contributed by atoms with E-state index in [1.54, 1.807) is 0 Å². The molecule has 2 unspecified atom stereocenters. The summed E-state index contributed by atoms with van der Waals surface area (Å²) in [7, 11) is 2.62. The zero-order chi connectivity index (χ0) is 21.1. The molecule has 3 aromatic rings. The van der Waals surface area contributed by atoms with E-state index in [4.69, 9.17) is 9.47 Å². The van der Waals surface area contributed by atoms with Crippen molar-refractivity contribution in [1.82, 2.24) is 0 Å². The van der Waals surface area contributed by atoms with Gasteiger partial charge in [0.25, 0.3) is 0 Å². The van der Waals surface area contributed by atoms with Crippen molar-refractivity contribution in [3.63, 3.8) is 0 Å². The fraction of sp³-hybridized carbons (Fsp3) is 0.200. The van der Waals surface area contributed by atoms with Crippen molar-refractivity contribution in [2.75, 3.05) is 19.5 Å². The summed E-state index contributed by atoms with van der Waals surface area (Å²) in [5, 5.41) is 3.25. The molecule has 5 heteroatoms. The number of hydrogen-bond donors (Lipinski definition) is 1. The maximum atomic E-state index is 12.3. The van der Waals surface area contributed by atoms with Crippen molar-refractivity contribution in [3.8, 4) is 11.1 Å². The Morgan fingerprint density at radius 3 is 2.30 bits per heavy atom. The Morgan fingerprint density at radius 2 is 1.57 bits per heavy atom. The van der Waals surface area contributed by atoms with Crippen LogP contribution in [0.4, 0.5) is 5.69 Å². The van der Waals surface area contributed by atoms with Crippen molar-refractivity contribution in [2.45, 2.75) is 18.4 Å². The molecule has 0 bridgehead atoms. The van der Waals surface area contributed by atoms with Crippen LogP contribution < -0.4 is 5.32 Å². The molecule has 0 spiro atoms. The number of nitrogens with one attached hydrogen (secondary N) is 1. The van der Waals surface area contributed by atoms with Crippen molar-refractivity contribution < 1.29 is 19.1 Å². The molecular weight excluding hydrogens is 378 g/mol. The SMILES string of the molecule is COC(=O)CC(Nc1cccc2c1C(c1ccccc1)c1ccccc1-2)C(=O)OC. The van der Waals surface area contributed by atoms with Crippen LogP contribution in [0.25, 0.3) is 11.1 Å². The Labute approximate surface area is 175 Å². The van der Waals surface area contributed by atoms with Gasteiger partial charge in [-0.1, -0.05) is 66.7 Å². The predicted octanol–water partition coefficient (Wildman–Crippen LogP) is 4.36. The number of carbonyl (C=O) groups is 2. The summed E-state index contributed by atoms with van der Waals surface area (Å²) in [6.45, 7) is 0. The van der Waals surface area contributed by atoms with Gasteiger partial charge in [-0.2, -0.15) is 0 Å². The Hall–Kier alpha value is -3.60. The highest BCUT2D eigenvalue weighted by atomic mass is 16.5. The van der Waals surface area contributed by atoms with E-state index in [2.05, 4.69) is 35.6 Å². The minimum Gasteiger partial charge on any atom is -0.469 e. The zero-order valence-corrected chi connectivity index (χ0v) is 16.9. The van der Waals surface area contributed by atoms with Crippen molar-refractivity contribution in [3.05, 3.63) is 89.5 Å². The van der Waals surface area contributed by atoms with Crippen LogP contribution in [-0.2, 0) is 19.1 Å². The van der Waals surface area contributed by atoms with Crippen LogP contribution in [-0.4, -0.2) is 32.2 Å². The van der Waals surface area contributed by atoms with Gasteiger partial charge in [-0.05, 0) is 33.9 Å². The summed E-state index contributed by atoms with van der Waals surface area (Å²) in [5.74, 6) is -0.962. The molecule has 0 radical (unpaired) electrons. The summed E-state index contributed by atoms with van der Waals surface area (Å²) in [6.07, 6.45) is -0.115. The normalized spacial score (nSPS) is 14.9. The third-order valence-corrected chi connectivity index (χ3v) is 5.50. The van der Waals surface area contributed by atoms with Crippen LogP contribution in [0.5, 0.6) is 0 Å². The third-order valence-electron chi connectivity index (χ3n) is 5.50. The maximum absolute atomic E-state index is 12.3. The van der Waals surface area contributed by atoms with E-state index in [0.717, 1.165) is 16.8 Å². The quantitative estimate of drug-likeness (QED) is 0.486. The summed E-state index contributed by atoms with van der Waals surface area (Å²) >= 11 is 0. The minimum atomic E-state index is -0.839. The third kappa shape index (κ3) is 3.54. The molecule has 1 aliphatic rings. The Kier molecular flexibility index (Phi) is 5.53. The molecule has 0 saturated heterocycles. The average molecular weight is 401 g/mol. The van der Waals surface area contributed by atoms with Gasteiger partial charge in [0, 0.05) is 11.6 Å². The van der Waals surface area contributed by atoms with E-state index >= 15 is 0 Å². The predicted molar refractivity (Wildman–Crippen MR) is 115 cm³/mol. The van der Waals surface area contributed by atoms with E-state index in [9.17, 15) is 9.59 Å². The van der Waals surface area contributed by atoms with Crippen LogP contribution in [0.15, 0.2) is 72.8 Å². The number of benzene rings is 3. The molecule has 152 valence electrons.